The quantitative estimate of drug-likeness (QED) is 0.779. The van der Waals surface area contributed by atoms with E-state index in [1.54, 1.807) is 0 Å². The van der Waals surface area contributed by atoms with Gasteiger partial charge in [0.05, 0.1) is 6.67 Å². The number of alkyl halides is 1. The molecule has 0 aromatic heterocycles. The number of ether oxygens (including phenoxy) is 1. The lowest BCUT2D eigenvalue weighted by atomic mass is 10.0. The summed E-state index contributed by atoms with van der Waals surface area (Å²) in [4.78, 5) is 2.28. The van der Waals surface area contributed by atoms with E-state index >= 15 is 0 Å². The first-order valence-electron chi connectivity index (χ1n) is 7.24. The largest absolute Gasteiger partial charge is 0.489 e. The summed E-state index contributed by atoms with van der Waals surface area (Å²) in [7, 11) is 0. The van der Waals surface area contributed by atoms with E-state index in [-0.39, 0.29) is 12.8 Å². The maximum Gasteiger partial charge on any atom is 0.119 e. The minimum atomic E-state index is -0.224. The van der Waals surface area contributed by atoms with Gasteiger partial charge in [-0.1, -0.05) is 26.0 Å². The fraction of sp³-hybridized carbons (Fsp3) is 0.625. The van der Waals surface area contributed by atoms with Crippen LogP contribution in [0.1, 0.15) is 38.2 Å². The highest BCUT2D eigenvalue weighted by atomic mass is 19.1. The Labute approximate surface area is 115 Å². The SMILES string of the molecule is CC(C)c1ccc(O[C@@H]2CCN(CCCF)C2)cc1. The third kappa shape index (κ3) is 4.20. The molecule has 2 nitrogen and oxygen atoms in total. The van der Waals surface area contributed by atoms with Crippen LogP contribution in [-0.2, 0) is 0 Å². The monoisotopic (exact) mass is 265 g/mol. The second-order valence-electron chi connectivity index (χ2n) is 5.60. The van der Waals surface area contributed by atoms with Crippen molar-refractivity contribution in [1.82, 2.24) is 4.90 Å². The van der Waals surface area contributed by atoms with E-state index in [1.165, 1.54) is 5.56 Å². The smallest absolute Gasteiger partial charge is 0.119 e. The number of halogens is 1. The van der Waals surface area contributed by atoms with Crippen LogP contribution in [0.2, 0.25) is 0 Å². The summed E-state index contributed by atoms with van der Waals surface area (Å²) in [5.41, 5.74) is 1.34. The number of hydrogen-bond acceptors (Lipinski definition) is 2. The summed E-state index contributed by atoms with van der Waals surface area (Å²) in [6, 6.07) is 8.38. The van der Waals surface area contributed by atoms with Gasteiger partial charge in [-0.25, -0.2) is 0 Å². The van der Waals surface area contributed by atoms with Crippen molar-refractivity contribution in [2.24, 2.45) is 0 Å². The first kappa shape index (κ1) is 14.3. The Morgan fingerprint density at radius 1 is 1.32 bits per heavy atom. The van der Waals surface area contributed by atoms with Gasteiger partial charge < -0.3 is 4.74 Å². The number of nitrogens with zero attached hydrogens (tertiary/aromatic N) is 1. The van der Waals surface area contributed by atoms with Gasteiger partial charge in [-0.3, -0.25) is 9.29 Å². The van der Waals surface area contributed by atoms with Crippen molar-refractivity contribution in [2.45, 2.75) is 38.7 Å². The summed E-state index contributed by atoms with van der Waals surface area (Å²) in [5, 5.41) is 0. The Kier molecular flexibility index (Phi) is 5.20. The molecule has 0 N–H and O–H groups in total. The predicted molar refractivity (Wildman–Crippen MR) is 76.6 cm³/mol. The van der Waals surface area contributed by atoms with Crippen molar-refractivity contribution in [3.8, 4) is 5.75 Å². The molecule has 1 fully saturated rings. The molecule has 0 unspecified atom stereocenters. The van der Waals surface area contributed by atoms with Crippen molar-refractivity contribution in [3.63, 3.8) is 0 Å². The first-order valence-corrected chi connectivity index (χ1v) is 7.24. The Morgan fingerprint density at radius 3 is 2.68 bits per heavy atom. The third-order valence-electron chi connectivity index (χ3n) is 3.69. The normalized spacial score (nSPS) is 20.1. The van der Waals surface area contributed by atoms with Gasteiger partial charge in [0.15, 0.2) is 0 Å². The lowest BCUT2D eigenvalue weighted by molar-refractivity contribution is 0.198. The molecule has 0 radical (unpaired) electrons. The molecule has 1 aliphatic heterocycles. The van der Waals surface area contributed by atoms with Crippen molar-refractivity contribution in [3.05, 3.63) is 29.8 Å². The lowest BCUT2D eigenvalue weighted by Crippen LogP contribution is -2.26. The van der Waals surface area contributed by atoms with Gasteiger partial charge in [-0.2, -0.15) is 0 Å². The van der Waals surface area contributed by atoms with E-state index in [0.29, 0.717) is 12.3 Å². The molecule has 1 heterocycles. The summed E-state index contributed by atoms with van der Waals surface area (Å²) >= 11 is 0. The zero-order valence-corrected chi connectivity index (χ0v) is 11.9. The van der Waals surface area contributed by atoms with Gasteiger partial charge in [0.25, 0.3) is 0 Å². The minimum absolute atomic E-state index is 0.224. The summed E-state index contributed by atoms with van der Waals surface area (Å²) < 4.78 is 18.1. The fourth-order valence-electron chi connectivity index (χ4n) is 2.50. The Hall–Kier alpha value is -1.09. The van der Waals surface area contributed by atoms with E-state index in [0.717, 1.165) is 31.8 Å². The highest BCUT2D eigenvalue weighted by molar-refractivity contribution is 5.29. The molecule has 1 aromatic rings. The van der Waals surface area contributed by atoms with Crippen LogP contribution < -0.4 is 4.74 Å². The molecule has 1 atom stereocenters. The molecule has 0 saturated carbocycles. The van der Waals surface area contributed by atoms with Crippen molar-refractivity contribution >= 4 is 0 Å². The standard InChI is InChI=1S/C16H24FNO/c1-13(2)14-4-6-15(7-5-14)19-16-8-11-18(12-16)10-3-9-17/h4-7,13,16H,3,8-12H2,1-2H3/t16-/m1/s1. The molecule has 0 spiro atoms. The number of hydrogen-bond donors (Lipinski definition) is 0. The van der Waals surface area contributed by atoms with Crippen LogP contribution in [0.5, 0.6) is 5.75 Å². The molecule has 3 heteroatoms. The summed E-state index contributed by atoms with van der Waals surface area (Å²) in [6.45, 7) is 6.95. The van der Waals surface area contributed by atoms with Crippen molar-refractivity contribution in [2.75, 3.05) is 26.3 Å². The van der Waals surface area contributed by atoms with E-state index in [2.05, 4.69) is 43.0 Å². The number of benzene rings is 1. The predicted octanol–water partition coefficient (Wildman–Crippen LogP) is 3.62. The third-order valence-corrected chi connectivity index (χ3v) is 3.69. The van der Waals surface area contributed by atoms with Gasteiger partial charge in [0, 0.05) is 19.6 Å². The highest BCUT2D eigenvalue weighted by Crippen LogP contribution is 2.22. The Balaban J connectivity index is 1.82. The molecule has 0 bridgehead atoms. The average Bonchev–Trinajstić information content (AvgIpc) is 2.84. The van der Waals surface area contributed by atoms with Gasteiger partial charge >= 0.3 is 0 Å². The second-order valence-corrected chi connectivity index (χ2v) is 5.60. The zero-order chi connectivity index (χ0) is 13.7. The van der Waals surface area contributed by atoms with Crippen LogP contribution in [0.3, 0.4) is 0 Å². The maximum atomic E-state index is 12.1. The van der Waals surface area contributed by atoms with Gasteiger partial charge in [-0.15, -0.1) is 0 Å². The topological polar surface area (TPSA) is 12.5 Å². The highest BCUT2D eigenvalue weighted by Gasteiger charge is 2.23. The molecular weight excluding hydrogens is 241 g/mol. The van der Waals surface area contributed by atoms with Crippen LogP contribution in [0, 0.1) is 0 Å². The summed E-state index contributed by atoms with van der Waals surface area (Å²) in [5.74, 6) is 1.50. The molecule has 19 heavy (non-hydrogen) atoms. The van der Waals surface area contributed by atoms with E-state index < -0.39 is 0 Å². The molecule has 0 amide bonds. The molecular formula is C16H24FNO. The lowest BCUT2D eigenvalue weighted by Gasteiger charge is -2.16. The fourth-order valence-corrected chi connectivity index (χ4v) is 2.50. The second kappa shape index (κ2) is 6.90. The Bertz CT molecular complexity index is 377. The zero-order valence-electron chi connectivity index (χ0n) is 11.9. The Morgan fingerprint density at radius 2 is 2.05 bits per heavy atom. The molecule has 2 rings (SSSR count). The first-order chi connectivity index (χ1) is 9.19. The van der Waals surface area contributed by atoms with Crippen LogP contribution in [0.4, 0.5) is 4.39 Å². The van der Waals surface area contributed by atoms with E-state index in [4.69, 9.17) is 4.74 Å². The molecule has 106 valence electrons. The molecule has 1 aromatic carbocycles. The van der Waals surface area contributed by atoms with Gasteiger partial charge in [0.1, 0.15) is 11.9 Å². The maximum absolute atomic E-state index is 12.1. The van der Waals surface area contributed by atoms with Gasteiger partial charge in [0.2, 0.25) is 0 Å². The molecule has 1 saturated heterocycles. The molecule has 1 aliphatic rings. The van der Waals surface area contributed by atoms with Gasteiger partial charge in [-0.05, 0) is 36.5 Å². The number of likely N-dealkylation sites (tertiary alicyclic amines) is 1. The van der Waals surface area contributed by atoms with Crippen molar-refractivity contribution in [1.29, 1.82) is 0 Å². The average molecular weight is 265 g/mol. The van der Waals surface area contributed by atoms with Crippen molar-refractivity contribution < 1.29 is 9.13 Å². The van der Waals surface area contributed by atoms with Crippen LogP contribution in [0.15, 0.2) is 24.3 Å². The molecule has 0 aliphatic carbocycles. The van der Waals surface area contributed by atoms with Crippen LogP contribution >= 0.6 is 0 Å². The summed E-state index contributed by atoms with van der Waals surface area (Å²) in [6.07, 6.45) is 1.93. The minimum Gasteiger partial charge on any atom is -0.489 e. The van der Waals surface area contributed by atoms with E-state index in [1.807, 2.05) is 0 Å². The number of rotatable bonds is 6. The van der Waals surface area contributed by atoms with E-state index in [9.17, 15) is 4.39 Å². The van der Waals surface area contributed by atoms with Crippen LogP contribution in [0.25, 0.3) is 0 Å². The van der Waals surface area contributed by atoms with Crippen LogP contribution in [-0.4, -0.2) is 37.3 Å².